The summed E-state index contributed by atoms with van der Waals surface area (Å²) in [6.45, 7) is 0.138. The van der Waals surface area contributed by atoms with Crippen LogP contribution in [0.1, 0.15) is 11.3 Å². The largest absolute Gasteiger partial charge is 0.417 e. The maximum atomic E-state index is 12.2. The highest BCUT2D eigenvalue weighted by Crippen LogP contribution is 2.28. The maximum Gasteiger partial charge on any atom is 0.417 e. The van der Waals surface area contributed by atoms with Crippen LogP contribution in [0.3, 0.4) is 0 Å². The molecule has 0 saturated carbocycles. The predicted molar refractivity (Wildman–Crippen MR) is 52.3 cm³/mol. The summed E-state index contributed by atoms with van der Waals surface area (Å²) < 4.78 is 36.5. The molecule has 1 aromatic rings. The van der Waals surface area contributed by atoms with E-state index >= 15 is 0 Å². The van der Waals surface area contributed by atoms with Gasteiger partial charge in [0.1, 0.15) is 0 Å². The Bertz CT molecular complexity index is 415. The SMILES string of the molecule is [N-]=[N+]=NCC=Cc1ccc(C(F)(F)F)cn1. The summed E-state index contributed by atoms with van der Waals surface area (Å²) >= 11 is 0. The zero-order valence-electron chi connectivity index (χ0n) is 8.02. The van der Waals surface area contributed by atoms with Crippen molar-refractivity contribution in [2.45, 2.75) is 6.18 Å². The summed E-state index contributed by atoms with van der Waals surface area (Å²) in [5.41, 5.74) is 7.56. The third-order valence-electron chi connectivity index (χ3n) is 1.65. The number of azide groups is 1. The number of pyridine rings is 1. The first kappa shape index (κ1) is 12.1. The number of aromatic nitrogens is 1. The van der Waals surface area contributed by atoms with Crippen LogP contribution in [0.4, 0.5) is 13.2 Å². The van der Waals surface area contributed by atoms with Crippen molar-refractivity contribution in [1.82, 2.24) is 4.98 Å². The lowest BCUT2D eigenvalue weighted by Gasteiger charge is -2.04. The average Bonchev–Trinajstić information content (AvgIpc) is 2.24. The van der Waals surface area contributed by atoms with Crippen molar-refractivity contribution in [3.63, 3.8) is 0 Å². The van der Waals surface area contributed by atoms with E-state index in [1.54, 1.807) is 0 Å². The molecule has 16 heavy (non-hydrogen) atoms. The number of halogens is 3. The molecule has 84 valence electrons. The molecule has 0 radical (unpaired) electrons. The van der Waals surface area contributed by atoms with Gasteiger partial charge in [0.05, 0.1) is 11.3 Å². The second kappa shape index (κ2) is 5.18. The molecule has 0 fully saturated rings. The molecule has 1 heterocycles. The van der Waals surface area contributed by atoms with Gasteiger partial charge in [0, 0.05) is 17.7 Å². The van der Waals surface area contributed by atoms with Gasteiger partial charge in [-0.2, -0.15) is 13.2 Å². The standard InChI is InChI=1S/C9H7F3N4/c10-9(11,12)7-3-4-8(14-6-7)2-1-5-15-16-13/h1-4,6H,5H2. The van der Waals surface area contributed by atoms with Crippen LogP contribution in [0.25, 0.3) is 16.5 Å². The summed E-state index contributed by atoms with van der Waals surface area (Å²) in [7, 11) is 0. The summed E-state index contributed by atoms with van der Waals surface area (Å²) in [4.78, 5) is 6.12. The van der Waals surface area contributed by atoms with Gasteiger partial charge in [0.25, 0.3) is 0 Å². The number of hydrogen-bond donors (Lipinski definition) is 0. The molecule has 0 saturated heterocycles. The first-order valence-corrected chi connectivity index (χ1v) is 4.24. The van der Waals surface area contributed by atoms with Crippen molar-refractivity contribution < 1.29 is 13.2 Å². The molecule has 0 aromatic carbocycles. The smallest absolute Gasteiger partial charge is 0.256 e. The highest BCUT2D eigenvalue weighted by molar-refractivity contribution is 5.44. The third kappa shape index (κ3) is 3.62. The van der Waals surface area contributed by atoms with Crippen LogP contribution in [-0.2, 0) is 6.18 Å². The summed E-state index contributed by atoms with van der Waals surface area (Å²) in [6, 6.07) is 2.19. The van der Waals surface area contributed by atoms with Crippen LogP contribution in [0.15, 0.2) is 29.5 Å². The zero-order chi connectivity index (χ0) is 12.0. The van der Waals surface area contributed by atoms with Crippen LogP contribution in [-0.4, -0.2) is 11.5 Å². The van der Waals surface area contributed by atoms with Gasteiger partial charge in [-0.1, -0.05) is 11.2 Å². The van der Waals surface area contributed by atoms with Crippen molar-refractivity contribution in [3.8, 4) is 0 Å². The van der Waals surface area contributed by atoms with Crippen LogP contribution in [0, 0.1) is 0 Å². The molecule has 0 N–H and O–H groups in total. The Hall–Kier alpha value is -2.01. The minimum atomic E-state index is -4.37. The molecule has 1 rings (SSSR count). The second-order valence-corrected chi connectivity index (χ2v) is 2.79. The number of hydrogen-bond acceptors (Lipinski definition) is 2. The predicted octanol–water partition coefficient (Wildman–Crippen LogP) is 3.42. The molecular formula is C9H7F3N4. The molecule has 0 spiro atoms. The number of alkyl halides is 3. The van der Waals surface area contributed by atoms with Crippen LogP contribution in [0.2, 0.25) is 0 Å². The van der Waals surface area contributed by atoms with E-state index in [2.05, 4.69) is 15.0 Å². The Morgan fingerprint density at radius 1 is 1.44 bits per heavy atom. The lowest BCUT2D eigenvalue weighted by Crippen LogP contribution is -2.05. The van der Waals surface area contributed by atoms with E-state index in [0.717, 1.165) is 12.3 Å². The minimum Gasteiger partial charge on any atom is -0.256 e. The lowest BCUT2D eigenvalue weighted by atomic mass is 10.2. The van der Waals surface area contributed by atoms with Crippen LogP contribution < -0.4 is 0 Å². The van der Waals surface area contributed by atoms with E-state index in [-0.39, 0.29) is 6.54 Å². The zero-order valence-corrected chi connectivity index (χ0v) is 8.02. The maximum absolute atomic E-state index is 12.2. The van der Waals surface area contributed by atoms with Crippen LogP contribution in [0.5, 0.6) is 0 Å². The van der Waals surface area contributed by atoms with Gasteiger partial charge in [-0.05, 0) is 23.7 Å². The molecular weight excluding hydrogens is 221 g/mol. The molecule has 0 unspecified atom stereocenters. The van der Waals surface area contributed by atoms with Crippen molar-refractivity contribution in [3.05, 3.63) is 46.1 Å². The monoisotopic (exact) mass is 228 g/mol. The van der Waals surface area contributed by atoms with E-state index in [0.29, 0.717) is 5.69 Å². The topological polar surface area (TPSA) is 61.7 Å². The first-order valence-electron chi connectivity index (χ1n) is 4.24. The number of rotatable bonds is 3. The van der Waals surface area contributed by atoms with E-state index < -0.39 is 11.7 Å². The summed E-state index contributed by atoms with van der Waals surface area (Å²) in [5, 5.41) is 3.23. The molecule has 0 amide bonds. The van der Waals surface area contributed by atoms with Gasteiger partial charge in [-0.15, -0.1) is 0 Å². The quantitative estimate of drug-likeness (QED) is 0.444. The average molecular weight is 228 g/mol. The third-order valence-corrected chi connectivity index (χ3v) is 1.65. The van der Waals surface area contributed by atoms with Gasteiger partial charge in [-0.25, -0.2) is 0 Å². The Labute approximate surface area is 89.1 Å². The molecule has 0 aliphatic heterocycles. The van der Waals surface area contributed by atoms with E-state index in [4.69, 9.17) is 5.53 Å². The van der Waals surface area contributed by atoms with Gasteiger partial charge in [-0.3, -0.25) is 4.98 Å². The molecule has 0 aliphatic rings. The molecule has 7 heteroatoms. The van der Waals surface area contributed by atoms with E-state index in [9.17, 15) is 13.2 Å². The molecule has 0 bridgehead atoms. The highest BCUT2D eigenvalue weighted by Gasteiger charge is 2.30. The van der Waals surface area contributed by atoms with Gasteiger partial charge >= 0.3 is 6.18 Å². The van der Waals surface area contributed by atoms with E-state index in [1.165, 1.54) is 18.2 Å². The second-order valence-electron chi connectivity index (χ2n) is 2.79. The normalized spacial score (nSPS) is 11.4. The van der Waals surface area contributed by atoms with Gasteiger partial charge in [0.2, 0.25) is 0 Å². The Balaban J connectivity index is 2.72. The van der Waals surface area contributed by atoms with Crippen molar-refractivity contribution >= 4 is 6.08 Å². The Morgan fingerprint density at radius 2 is 2.19 bits per heavy atom. The number of nitrogens with zero attached hydrogens (tertiary/aromatic N) is 4. The Morgan fingerprint density at radius 3 is 2.69 bits per heavy atom. The molecule has 0 atom stereocenters. The summed E-state index contributed by atoms with van der Waals surface area (Å²) in [6.07, 6.45) is -0.627. The summed E-state index contributed by atoms with van der Waals surface area (Å²) in [5.74, 6) is 0. The molecule has 1 aromatic heterocycles. The minimum absolute atomic E-state index is 0.138. The first-order chi connectivity index (χ1) is 7.54. The van der Waals surface area contributed by atoms with Crippen LogP contribution >= 0.6 is 0 Å². The van der Waals surface area contributed by atoms with Gasteiger partial charge < -0.3 is 0 Å². The fourth-order valence-electron chi connectivity index (χ4n) is 0.929. The van der Waals surface area contributed by atoms with Crippen molar-refractivity contribution in [1.29, 1.82) is 0 Å². The molecule has 4 nitrogen and oxygen atoms in total. The van der Waals surface area contributed by atoms with Crippen molar-refractivity contribution in [2.75, 3.05) is 6.54 Å². The molecule has 0 aliphatic carbocycles. The van der Waals surface area contributed by atoms with Crippen molar-refractivity contribution in [2.24, 2.45) is 5.11 Å². The fraction of sp³-hybridized carbons (Fsp3) is 0.222. The lowest BCUT2D eigenvalue weighted by molar-refractivity contribution is -0.137. The fourth-order valence-corrected chi connectivity index (χ4v) is 0.929. The highest BCUT2D eigenvalue weighted by atomic mass is 19.4. The van der Waals surface area contributed by atoms with Gasteiger partial charge in [0.15, 0.2) is 0 Å². The van der Waals surface area contributed by atoms with E-state index in [1.807, 2.05) is 0 Å². The Kier molecular flexibility index (Phi) is 3.90.